The number of nitrogens with zero attached hydrogens (tertiary/aromatic N) is 1. The highest BCUT2D eigenvalue weighted by atomic mass is 16.2. The maximum absolute atomic E-state index is 8.79. The quantitative estimate of drug-likeness (QED) is 0.713. The van der Waals surface area contributed by atoms with Crippen LogP contribution in [0.2, 0.25) is 0 Å². The van der Waals surface area contributed by atoms with E-state index in [9.17, 15) is 0 Å². The summed E-state index contributed by atoms with van der Waals surface area (Å²) in [6.45, 7) is 5.17. The van der Waals surface area contributed by atoms with Crippen molar-refractivity contribution in [2.45, 2.75) is 57.2 Å². The average Bonchev–Trinajstić information content (AvgIpc) is 2.80. The topological polar surface area (TPSA) is 35.5 Å². The Bertz CT molecular complexity index is 198. The van der Waals surface area contributed by atoms with Crippen molar-refractivity contribution in [3.8, 4) is 0 Å². The lowest BCUT2D eigenvalue weighted by Gasteiger charge is -2.25. The molecule has 2 aliphatic rings. The van der Waals surface area contributed by atoms with E-state index in [1.807, 2.05) is 0 Å². The second-order valence-electron chi connectivity index (χ2n) is 5.07. The third-order valence-electron chi connectivity index (χ3n) is 3.90. The van der Waals surface area contributed by atoms with Gasteiger partial charge in [0, 0.05) is 31.3 Å². The van der Waals surface area contributed by atoms with Gasteiger partial charge in [-0.2, -0.15) is 0 Å². The maximum Gasteiger partial charge on any atom is 0.0431 e. The molecule has 88 valence electrons. The monoisotopic (exact) mass is 212 g/mol. The highest BCUT2D eigenvalue weighted by molar-refractivity contribution is 4.96. The minimum Gasteiger partial charge on any atom is -0.396 e. The number of hydrogen-bond donors (Lipinski definition) is 2. The van der Waals surface area contributed by atoms with E-state index in [4.69, 9.17) is 5.11 Å². The van der Waals surface area contributed by atoms with Crippen LogP contribution in [0.4, 0.5) is 0 Å². The molecule has 2 fully saturated rings. The van der Waals surface area contributed by atoms with E-state index in [-0.39, 0.29) is 0 Å². The summed E-state index contributed by atoms with van der Waals surface area (Å²) in [6.07, 6.45) is 6.10. The molecule has 0 amide bonds. The van der Waals surface area contributed by atoms with Crippen molar-refractivity contribution < 1.29 is 5.11 Å². The van der Waals surface area contributed by atoms with Crippen LogP contribution in [-0.2, 0) is 0 Å². The summed E-state index contributed by atoms with van der Waals surface area (Å²) < 4.78 is 0. The molecule has 0 aliphatic carbocycles. The fourth-order valence-electron chi connectivity index (χ4n) is 3.12. The van der Waals surface area contributed by atoms with Crippen LogP contribution in [0.25, 0.3) is 0 Å². The highest BCUT2D eigenvalue weighted by Gasteiger charge is 2.37. The van der Waals surface area contributed by atoms with E-state index in [1.54, 1.807) is 0 Å². The van der Waals surface area contributed by atoms with E-state index < -0.39 is 0 Å². The van der Waals surface area contributed by atoms with E-state index >= 15 is 0 Å². The molecule has 0 saturated carbocycles. The van der Waals surface area contributed by atoms with E-state index in [1.165, 1.54) is 32.4 Å². The minimum atomic E-state index is 0.326. The summed E-state index contributed by atoms with van der Waals surface area (Å²) in [6, 6.07) is 2.07. The van der Waals surface area contributed by atoms with Crippen LogP contribution in [0, 0.1) is 0 Å². The first-order chi connectivity index (χ1) is 7.31. The molecule has 3 nitrogen and oxygen atoms in total. The van der Waals surface area contributed by atoms with Gasteiger partial charge in [0.05, 0.1) is 0 Å². The van der Waals surface area contributed by atoms with E-state index in [0.717, 1.165) is 18.9 Å². The molecule has 0 bridgehead atoms. The zero-order valence-corrected chi connectivity index (χ0v) is 9.78. The van der Waals surface area contributed by atoms with Crippen LogP contribution in [0.5, 0.6) is 0 Å². The van der Waals surface area contributed by atoms with Gasteiger partial charge in [0.1, 0.15) is 0 Å². The van der Waals surface area contributed by atoms with Crippen molar-refractivity contribution in [1.82, 2.24) is 10.2 Å². The van der Waals surface area contributed by atoms with Crippen LogP contribution < -0.4 is 5.32 Å². The summed E-state index contributed by atoms with van der Waals surface area (Å²) in [5.41, 5.74) is 0. The van der Waals surface area contributed by atoms with Crippen molar-refractivity contribution in [3.63, 3.8) is 0 Å². The standard InChI is InChI=1S/C12H24N2O/c1-10(4-3-9-15)13-11-6-8-14-7-2-5-12(11)14/h10-13,15H,2-9H2,1H3. The molecule has 0 aromatic carbocycles. The lowest BCUT2D eigenvalue weighted by molar-refractivity contribution is 0.263. The molecule has 0 spiro atoms. The molecule has 0 aromatic heterocycles. The Morgan fingerprint density at radius 1 is 1.40 bits per heavy atom. The summed E-state index contributed by atoms with van der Waals surface area (Å²) >= 11 is 0. The van der Waals surface area contributed by atoms with Crippen molar-refractivity contribution in [3.05, 3.63) is 0 Å². The molecule has 15 heavy (non-hydrogen) atoms. The van der Waals surface area contributed by atoms with Gasteiger partial charge < -0.3 is 10.4 Å². The van der Waals surface area contributed by atoms with Gasteiger partial charge in [-0.25, -0.2) is 0 Å². The molecule has 3 heteroatoms. The first-order valence-corrected chi connectivity index (χ1v) is 6.42. The molecule has 2 N–H and O–H groups in total. The smallest absolute Gasteiger partial charge is 0.0431 e. The summed E-state index contributed by atoms with van der Waals surface area (Å²) in [5, 5.41) is 12.5. The molecule has 0 radical (unpaired) electrons. The molecule has 2 heterocycles. The Balaban J connectivity index is 1.74. The normalized spacial score (nSPS) is 33.2. The van der Waals surface area contributed by atoms with Gasteiger partial charge in [0.2, 0.25) is 0 Å². The predicted octanol–water partition coefficient (Wildman–Crippen LogP) is 0.974. The number of aliphatic hydroxyl groups excluding tert-OH is 1. The SMILES string of the molecule is CC(CCCO)NC1CCN2CCCC12. The van der Waals surface area contributed by atoms with Crippen molar-refractivity contribution in [2.24, 2.45) is 0 Å². The van der Waals surface area contributed by atoms with Crippen molar-refractivity contribution >= 4 is 0 Å². The van der Waals surface area contributed by atoms with Crippen LogP contribution in [0.3, 0.4) is 0 Å². The van der Waals surface area contributed by atoms with Crippen LogP contribution in [0.15, 0.2) is 0 Å². The Hall–Kier alpha value is -0.120. The highest BCUT2D eigenvalue weighted by Crippen LogP contribution is 2.28. The first kappa shape index (κ1) is 11.4. The molecule has 0 aromatic rings. The van der Waals surface area contributed by atoms with Gasteiger partial charge in [-0.1, -0.05) is 0 Å². The Morgan fingerprint density at radius 2 is 2.27 bits per heavy atom. The Labute approximate surface area is 92.8 Å². The zero-order valence-electron chi connectivity index (χ0n) is 9.78. The molecular weight excluding hydrogens is 188 g/mol. The predicted molar refractivity (Wildman–Crippen MR) is 61.9 cm³/mol. The second kappa shape index (κ2) is 5.28. The van der Waals surface area contributed by atoms with Crippen molar-refractivity contribution in [2.75, 3.05) is 19.7 Å². The van der Waals surface area contributed by atoms with Gasteiger partial charge in [-0.05, 0) is 45.6 Å². The maximum atomic E-state index is 8.79. The molecule has 3 unspecified atom stereocenters. The molecule has 3 atom stereocenters. The fraction of sp³-hybridized carbons (Fsp3) is 1.00. The average molecular weight is 212 g/mol. The van der Waals surface area contributed by atoms with Crippen LogP contribution >= 0.6 is 0 Å². The van der Waals surface area contributed by atoms with E-state index in [2.05, 4.69) is 17.1 Å². The lowest BCUT2D eigenvalue weighted by Crippen LogP contribution is -2.43. The second-order valence-corrected chi connectivity index (χ2v) is 5.07. The lowest BCUT2D eigenvalue weighted by atomic mass is 10.0. The number of nitrogens with one attached hydrogen (secondary N) is 1. The molecule has 2 rings (SSSR count). The van der Waals surface area contributed by atoms with Crippen molar-refractivity contribution in [1.29, 1.82) is 0 Å². The number of hydrogen-bond acceptors (Lipinski definition) is 3. The van der Waals surface area contributed by atoms with Gasteiger partial charge >= 0.3 is 0 Å². The van der Waals surface area contributed by atoms with E-state index in [0.29, 0.717) is 18.7 Å². The molecule has 2 saturated heterocycles. The summed E-state index contributed by atoms with van der Waals surface area (Å²) in [7, 11) is 0. The molecule has 2 aliphatic heterocycles. The Morgan fingerprint density at radius 3 is 3.07 bits per heavy atom. The van der Waals surface area contributed by atoms with Gasteiger partial charge in [0.15, 0.2) is 0 Å². The summed E-state index contributed by atoms with van der Waals surface area (Å²) in [5.74, 6) is 0. The number of fused-ring (bicyclic) bond motifs is 1. The third kappa shape index (κ3) is 2.71. The largest absolute Gasteiger partial charge is 0.396 e. The van der Waals surface area contributed by atoms with Gasteiger partial charge in [-0.15, -0.1) is 0 Å². The molecular formula is C12H24N2O. The zero-order chi connectivity index (χ0) is 10.7. The summed E-state index contributed by atoms with van der Waals surface area (Å²) in [4.78, 5) is 2.64. The fourth-order valence-corrected chi connectivity index (χ4v) is 3.12. The third-order valence-corrected chi connectivity index (χ3v) is 3.90. The van der Waals surface area contributed by atoms with Gasteiger partial charge in [-0.3, -0.25) is 4.90 Å². The Kier molecular flexibility index (Phi) is 4.00. The van der Waals surface area contributed by atoms with Crippen LogP contribution in [0.1, 0.15) is 39.0 Å². The minimum absolute atomic E-state index is 0.326. The first-order valence-electron chi connectivity index (χ1n) is 6.42. The van der Waals surface area contributed by atoms with Crippen LogP contribution in [-0.4, -0.2) is 47.8 Å². The number of rotatable bonds is 5. The number of aliphatic hydroxyl groups is 1. The van der Waals surface area contributed by atoms with Gasteiger partial charge in [0.25, 0.3) is 0 Å².